The van der Waals surface area contributed by atoms with Crippen molar-refractivity contribution in [1.82, 2.24) is 14.5 Å². The van der Waals surface area contributed by atoms with E-state index >= 15 is 0 Å². The minimum absolute atomic E-state index is 0.0174. The van der Waals surface area contributed by atoms with Crippen molar-refractivity contribution in [2.75, 3.05) is 13.1 Å². The number of hydrogen-bond acceptors (Lipinski definition) is 2. The van der Waals surface area contributed by atoms with Crippen LogP contribution >= 0.6 is 11.6 Å². The molecule has 4 nitrogen and oxygen atoms in total. The van der Waals surface area contributed by atoms with Gasteiger partial charge in [-0.25, -0.2) is 4.98 Å². The predicted octanol–water partition coefficient (Wildman–Crippen LogP) is 4.56. The highest BCUT2D eigenvalue weighted by atomic mass is 35.5. The average Bonchev–Trinajstić information content (AvgIpc) is 3.00. The zero-order chi connectivity index (χ0) is 18.5. The number of para-hydroxylation sites is 2. The number of nitrogens with zero attached hydrogens (tertiary/aromatic N) is 3. The van der Waals surface area contributed by atoms with Gasteiger partial charge in [0.2, 0.25) is 5.91 Å². The maximum absolute atomic E-state index is 12.8. The Bertz CT molecular complexity index is 951. The van der Waals surface area contributed by atoms with E-state index in [4.69, 9.17) is 16.6 Å². The molecule has 1 heterocycles. The monoisotopic (exact) mass is 365 g/mol. The van der Waals surface area contributed by atoms with Gasteiger partial charge in [0.25, 0.3) is 0 Å². The second kappa shape index (κ2) is 8.02. The van der Waals surface area contributed by atoms with Crippen LogP contribution in [0.25, 0.3) is 22.4 Å². The van der Waals surface area contributed by atoms with Crippen molar-refractivity contribution in [1.29, 1.82) is 0 Å². The first-order valence-corrected chi connectivity index (χ1v) is 8.72. The molecule has 3 aromatic rings. The molecular weight excluding hydrogens is 346 g/mol. The summed E-state index contributed by atoms with van der Waals surface area (Å²) in [6, 6.07) is 15.3. The summed E-state index contributed by atoms with van der Waals surface area (Å²) in [6.07, 6.45) is 3.43. The maximum atomic E-state index is 12.8. The molecule has 1 amide bonds. The number of rotatable bonds is 7. The van der Waals surface area contributed by atoms with Gasteiger partial charge < -0.3 is 9.47 Å². The van der Waals surface area contributed by atoms with Crippen LogP contribution in [0.1, 0.15) is 0 Å². The van der Waals surface area contributed by atoms with Crippen LogP contribution in [0.2, 0.25) is 5.02 Å². The first-order valence-electron chi connectivity index (χ1n) is 8.35. The minimum Gasteiger partial charge on any atom is -0.334 e. The van der Waals surface area contributed by atoms with Gasteiger partial charge in [-0.05, 0) is 24.3 Å². The smallest absolute Gasteiger partial charge is 0.243 e. The van der Waals surface area contributed by atoms with Gasteiger partial charge in [-0.2, -0.15) is 0 Å². The summed E-state index contributed by atoms with van der Waals surface area (Å²) in [4.78, 5) is 19.3. The highest BCUT2D eigenvalue weighted by Gasteiger charge is 2.18. The topological polar surface area (TPSA) is 38.1 Å². The number of halogens is 1. The fourth-order valence-corrected chi connectivity index (χ4v) is 3.10. The highest BCUT2D eigenvalue weighted by Crippen LogP contribution is 2.26. The zero-order valence-electron chi connectivity index (χ0n) is 14.4. The van der Waals surface area contributed by atoms with Gasteiger partial charge in [0.1, 0.15) is 12.4 Å². The van der Waals surface area contributed by atoms with E-state index in [1.165, 1.54) is 0 Å². The Hall–Kier alpha value is -2.85. The van der Waals surface area contributed by atoms with Crippen LogP contribution in [0.15, 0.2) is 73.8 Å². The molecule has 0 aliphatic carbocycles. The molecule has 2 aromatic carbocycles. The largest absolute Gasteiger partial charge is 0.334 e. The Labute approximate surface area is 158 Å². The second-order valence-electron chi connectivity index (χ2n) is 5.90. The summed E-state index contributed by atoms with van der Waals surface area (Å²) in [5.41, 5.74) is 2.63. The number of hydrogen-bond donors (Lipinski definition) is 0. The number of amides is 1. The lowest BCUT2D eigenvalue weighted by Gasteiger charge is -2.20. The molecule has 3 rings (SSSR count). The Balaban J connectivity index is 2.06. The van der Waals surface area contributed by atoms with Crippen LogP contribution in [0.4, 0.5) is 0 Å². The van der Waals surface area contributed by atoms with E-state index in [2.05, 4.69) is 13.2 Å². The van der Waals surface area contributed by atoms with Gasteiger partial charge in [-0.3, -0.25) is 4.79 Å². The summed E-state index contributed by atoms with van der Waals surface area (Å²) in [5, 5.41) is 0.632. The SMILES string of the molecule is C=CCN(CC=C)C(=O)Cn1c(-c2cccc(Cl)c2)nc2ccccc21. The third kappa shape index (κ3) is 3.70. The van der Waals surface area contributed by atoms with Gasteiger partial charge in [0.05, 0.1) is 11.0 Å². The van der Waals surface area contributed by atoms with E-state index in [1.807, 2.05) is 53.1 Å². The molecule has 0 saturated carbocycles. The van der Waals surface area contributed by atoms with Crippen molar-refractivity contribution >= 4 is 28.5 Å². The van der Waals surface area contributed by atoms with Crippen LogP contribution in [0.3, 0.4) is 0 Å². The van der Waals surface area contributed by atoms with Crippen LogP contribution in [-0.2, 0) is 11.3 Å². The number of benzene rings is 2. The molecule has 0 radical (unpaired) electrons. The quantitative estimate of drug-likeness (QED) is 0.576. The van der Waals surface area contributed by atoms with E-state index in [-0.39, 0.29) is 12.5 Å². The fourth-order valence-electron chi connectivity index (χ4n) is 2.91. The third-order valence-electron chi connectivity index (χ3n) is 4.08. The van der Waals surface area contributed by atoms with Crippen LogP contribution in [-0.4, -0.2) is 33.4 Å². The van der Waals surface area contributed by atoms with Crippen LogP contribution in [0, 0.1) is 0 Å². The molecule has 132 valence electrons. The average molecular weight is 366 g/mol. The molecule has 0 fully saturated rings. The third-order valence-corrected chi connectivity index (χ3v) is 4.32. The lowest BCUT2D eigenvalue weighted by atomic mass is 10.2. The van der Waals surface area contributed by atoms with Crippen molar-refractivity contribution in [3.8, 4) is 11.4 Å². The first kappa shape index (κ1) is 18.0. The molecule has 26 heavy (non-hydrogen) atoms. The number of carbonyl (C=O) groups excluding carboxylic acids is 1. The molecule has 0 unspecified atom stereocenters. The van der Waals surface area contributed by atoms with Crippen molar-refractivity contribution in [3.05, 3.63) is 78.9 Å². The van der Waals surface area contributed by atoms with Crippen molar-refractivity contribution in [2.24, 2.45) is 0 Å². The minimum atomic E-state index is -0.0174. The van der Waals surface area contributed by atoms with Gasteiger partial charge >= 0.3 is 0 Å². The molecule has 0 saturated heterocycles. The van der Waals surface area contributed by atoms with Gasteiger partial charge in [0.15, 0.2) is 0 Å². The normalized spacial score (nSPS) is 10.7. The Morgan fingerprint density at radius 1 is 1.12 bits per heavy atom. The molecule has 0 aliphatic rings. The molecule has 0 N–H and O–H groups in total. The molecule has 5 heteroatoms. The number of fused-ring (bicyclic) bond motifs is 1. The number of carbonyl (C=O) groups is 1. The van der Waals surface area contributed by atoms with Crippen molar-refractivity contribution in [3.63, 3.8) is 0 Å². The summed E-state index contributed by atoms with van der Waals surface area (Å²) in [5.74, 6) is 0.704. The Kier molecular flexibility index (Phi) is 5.54. The summed E-state index contributed by atoms with van der Waals surface area (Å²) < 4.78 is 1.93. The Morgan fingerprint density at radius 3 is 2.54 bits per heavy atom. The molecule has 1 aromatic heterocycles. The fraction of sp³-hybridized carbons (Fsp3) is 0.143. The van der Waals surface area contributed by atoms with Gasteiger partial charge in [-0.1, -0.05) is 48.0 Å². The van der Waals surface area contributed by atoms with Crippen LogP contribution in [0.5, 0.6) is 0 Å². The summed E-state index contributed by atoms with van der Waals surface area (Å²) in [7, 11) is 0. The van der Waals surface area contributed by atoms with E-state index in [0.29, 0.717) is 18.1 Å². The molecule has 0 spiro atoms. The summed E-state index contributed by atoms with van der Waals surface area (Å²) >= 11 is 6.15. The van der Waals surface area contributed by atoms with Crippen LogP contribution < -0.4 is 0 Å². The molecular formula is C21H20ClN3O. The standard InChI is InChI=1S/C21H20ClN3O/c1-3-12-24(13-4-2)20(26)15-25-19-11-6-5-10-18(19)23-21(25)16-8-7-9-17(22)14-16/h3-11,14H,1-2,12-13,15H2. The lowest BCUT2D eigenvalue weighted by molar-refractivity contribution is -0.130. The zero-order valence-corrected chi connectivity index (χ0v) is 15.2. The predicted molar refractivity (Wildman–Crippen MR) is 107 cm³/mol. The number of imidazole rings is 1. The van der Waals surface area contributed by atoms with Gasteiger partial charge in [-0.15, -0.1) is 13.2 Å². The molecule has 0 aliphatic heterocycles. The van der Waals surface area contributed by atoms with Crippen molar-refractivity contribution < 1.29 is 4.79 Å². The molecule has 0 bridgehead atoms. The summed E-state index contributed by atoms with van der Waals surface area (Å²) in [6.45, 7) is 8.59. The van der Waals surface area contributed by atoms with Crippen molar-refractivity contribution in [2.45, 2.75) is 6.54 Å². The van der Waals surface area contributed by atoms with E-state index in [1.54, 1.807) is 17.1 Å². The number of aromatic nitrogens is 2. The van der Waals surface area contributed by atoms with Gasteiger partial charge in [0, 0.05) is 23.7 Å². The van der Waals surface area contributed by atoms with E-state index in [0.717, 1.165) is 22.4 Å². The van der Waals surface area contributed by atoms with E-state index in [9.17, 15) is 4.79 Å². The Morgan fingerprint density at radius 2 is 1.85 bits per heavy atom. The molecule has 0 atom stereocenters. The first-order chi connectivity index (χ1) is 12.6. The second-order valence-corrected chi connectivity index (χ2v) is 6.33. The van der Waals surface area contributed by atoms with E-state index < -0.39 is 0 Å². The lowest BCUT2D eigenvalue weighted by Crippen LogP contribution is -2.34. The highest BCUT2D eigenvalue weighted by molar-refractivity contribution is 6.30. The maximum Gasteiger partial charge on any atom is 0.243 e.